The summed E-state index contributed by atoms with van der Waals surface area (Å²) in [6, 6.07) is 23.3. The molecule has 1 N–H and O–H groups in total. The van der Waals surface area contributed by atoms with E-state index in [9.17, 15) is 9.59 Å². The molecule has 5 nitrogen and oxygen atoms in total. The monoisotopic (exact) mass is 502 g/mol. The molecule has 0 unspecified atom stereocenters. The molecule has 188 valence electrons. The Balaban J connectivity index is 1.46. The lowest BCUT2D eigenvalue weighted by molar-refractivity contribution is -0.115. The van der Waals surface area contributed by atoms with Gasteiger partial charge in [-0.3, -0.25) is 14.5 Å². The number of aryl methyl sites for hydroxylation is 1. The average molecular weight is 503 g/mol. The number of carbonyl (C=O) groups is 2. The fourth-order valence-electron chi connectivity index (χ4n) is 4.42. The number of nitrogens with zero attached hydrogens (tertiary/aromatic N) is 1. The summed E-state index contributed by atoms with van der Waals surface area (Å²) in [7, 11) is 0. The second kappa shape index (κ2) is 12.6. The third-order valence-corrected chi connectivity index (χ3v) is 7.47. The zero-order chi connectivity index (χ0) is 25.3. The highest BCUT2D eigenvalue weighted by Gasteiger charge is 2.35. The Morgan fingerprint density at radius 1 is 1.00 bits per heavy atom. The van der Waals surface area contributed by atoms with Crippen LogP contribution in [0, 0.1) is 0 Å². The molecular formula is C30H34N2O3S. The van der Waals surface area contributed by atoms with Crippen molar-refractivity contribution in [1.29, 1.82) is 0 Å². The van der Waals surface area contributed by atoms with E-state index in [0.717, 1.165) is 17.7 Å². The molecule has 1 heterocycles. The van der Waals surface area contributed by atoms with Crippen LogP contribution in [0.3, 0.4) is 0 Å². The summed E-state index contributed by atoms with van der Waals surface area (Å²) in [6.45, 7) is 4.67. The molecule has 3 aromatic carbocycles. The molecule has 0 bridgehead atoms. The summed E-state index contributed by atoms with van der Waals surface area (Å²) >= 11 is 1.58. The highest BCUT2D eigenvalue weighted by molar-refractivity contribution is 8.00. The number of carbonyl (C=O) groups excluding carboxylic acids is 2. The average Bonchev–Trinajstić information content (AvgIpc) is 3.29. The van der Waals surface area contributed by atoms with Crippen LogP contribution in [0.15, 0.2) is 72.8 Å². The van der Waals surface area contributed by atoms with Crippen molar-refractivity contribution in [3.8, 4) is 5.75 Å². The van der Waals surface area contributed by atoms with Crippen molar-refractivity contribution >= 4 is 35.0 Å². The van der Waals surface area contributed by atoms with Crippen LogP contribution >= 0.6 is 11.8 Å². The van der Waals surface area contributed by atoms with Gasteiger partial charge in [-0.1, -0.05) is 62.6 Å². The molecular weight excluding hydrogens is 468 g/mol. The molecule has 1 aliphatic heterocycles. The zero-order valence-electron chi connectivity index (χ0n) is 21.0. The molecule has 36 heavy (non-hydrogen) atoms. The highest BCUT2D eigenvalue weighted by atomic mass is 32.2. The minimum absolute atomic E-state index is 0.0429. The molecule has 1 atom stereocenters. The van der Waals surface area contributed by atoms with Gasteiger partial charge in [-0.2, -0.15) is 0 Å². The van der Waals surface area contributed by atoms with Gasteiger partial charge in [-0.15, -0.1) is 11.8 Å². The second-order valence-corrected chi connectivity index (χ2v) is 9.98. The standard InChI is InChI=1S/C30H34N2O3S/c1-3-5-6-7-11-22-16-18-23(19-17-22)29(34)31-25-13-10-12-24(20-25)30-32(28(33)21-36-30)26-14-8-9-15-27(26)35-4-2/h8-10,12-20,30H,3-7,11,21H2,1-2H3,(H,31,34)/t30-/m1/s1. The molecule has 3 aromatic rings. The molecule has 0 spiro atoms. The van der Waals surface area contributed by atoms with Crippen LogP contribution < -0.4 is 15.0 Å². The van der Waals surface area contributed by atoms with E-state index in [1.54, 1.807) is 16.7 Å². The Labute approximate surface area is 218 Å². The van der Waals surface area contributed by atoms with Gasteiger partial charge in [0.25, 0.3) is 5.91 Å². The van der Waals surface area contributed by atoms with Crippen molar-refractivity contribution < 1.29 is 14.3 Å². The summed E-state index contributed by atoms with van der Waals surface area (Å²) in [5, 5.41) is 2.83. The number of nitrogens with one attached hydrogen (secondary N) is 1. The number of ether oxygens (including phenoxy) is 1. The number of unbranched alkanes of at least 4 members (excludes halogenated alkanes) is 3. The number of rotatable bonds is 11. The van der Waals surface area contributed by atoms with Gasteiger partial charge in [0, 0.05) is 11.3 Å². The van der Waals surface area contributed by atoms with E-state index in [4.69, 9.17) is 4.74 Å². The predicted molar refractivity (Wildman–Crippen MR) is 149 cm³/mol. The number of thioether (sulfide) groups is 1. The molecule has 0 radical (unpaired) electrons. The Kier molecular flexibility index (Phi) is 9.06. The van der Waals surface area contributed by atoms with E-state index in [0.29, 0.717) is 29.4 Å². The maximum atomic E-state index is 12.9. The van der Waals surface area contributed by atoms with Crippen molar-refractivity contribution in [2.45, 2.75) is 51.3 Å². The van der Waals surface area contributed by atoms with Crippen LogP contribution in [0.2, 0.25) is 0 Å². The minimum Gasteiger partial charge on any atom is -0.492 e. The van der Waals surface area contributed by atoms with E-state index < -0.39 is 0 Å². The molecule has 0 saturated carbocycles. The molecule has 1 aliphatic rings. The number of para-hydroxylation sites is 2. The Morgan fingerprint density at radius 2 is 1.81 bits per heavy atom. The van der Waals surface area contributed by atoms with Crippen molar-refractivity contribution in [1.82, 2.24) is 0 Å². The SMILES string of the molecule is CCCCCCc1ccc(C(=O)Nc2cccc([C@H]3SCC(=O)N3c3ccccc3OCC)c2)cc1. The molecule has 0 aromatic heterocycles. The Hall–Kier alpha value is -3.25. The molecule has 2 amide bonds. The van der Waals surface area contributed by atoms with Gasteiger partial charge in [0.2, 0.25) is 5.91 Å². The van der Waals surface area contributed by atoms with Gasteiger partial charge in [0.15, 0.2) is 0 Å². The van der Waals surface area contributed by atoms with Crippen LogP contribution in [0.1, 0.15) is 66.4 Å². The van der Waals surface area contributed by atoms with Crippen LogP contribution in [0.4, 0.5) is 11.4 Å². The van der Waals surface area contributed by atoms with Crippen molar-refractivity contribution in [3.05, 3.63) is 89.5 Å². The number of hydrogen-bond donors (Lipinski definition) is 1. The maximum Gasteiger partial charge on any atom is 0.255 e. The third kappa shape index (κ3) is 6.30. The lowest BCUT2D eigenvalue weighted by Crippen LogP contribution is -2.28. The van der Waals surface area contributed by atoms with Crippen molar-refractivity contribution in [2.75, 3.05) is 22.6 Å². The fourth-order valence-corrected chi connectivity index (χ4v) is 5.58. The number of amides is 2. The van der Waals surface area contributed by atoms with E-state index in [1.807, 2.05) is 79.7 Å². The van der Waals surface area contributed by atoms with Crippen molar-refractivity contribution in [3.63, 3.8) is 0 Å². The number of benzene rings is 3. The van der Waals surface area contributed by atoms with E-state index in [2.05, 4.69) is 12.2 Å². The lowest BCUT2D eigenvalue weighted by Gasteiger charge is -2.26. The van der Waals surface area contributed by atoms with Gasteiger partial charge in [0.05, 0.1) is 18.0 Å². The van der Waals surface area contributed by atoms with E-state index in [-0.39, 0.29) is 17.2 Å². The lowest BCUT2D eigenvalue weighted by atomic mass is 10.0. The van der Waals surface area contributed by atoms with Gasteiger partial charge < -0.3 is 10.1 Å². The molecule has 1 fully saturated rings. The van der Waals surface area contributed by atoms with Crippen molar-refractivity contribution in [2.24, 2.45) is 0 Å². The highest BCUT2D eigenvalue weighted by Crippen LogP contribution is 2.45. The van der Waals surface area contributed by atoms with Gasteiger partial charge in [-0.05, 0) is 67.3 Å². The largest absolute Gasteiger partial charge is 0.492 e. The first-order valence-corrected chi connectivity index (χ1v) is 13.8. The number of hydrogen-bond acceptors (Lipinski definition) is 4. The summed E-state index contributed by atoms with van der Waals surface area (Å²) in [5.41, 5.74) is 4.33. The topological polar surface area (TPSA) is 58.6 Å². The first-order valence-electron chi connectivity index (χ1n) is 12.8. The Morgan fingerprint density at radius 3 is 2.58 bits per heavy atom. The van der Waals surface area contributed by atoms with Crippen LogP contribution in [0.5, 0.6) is 5.75 Å². The molecule has 0 aliphatic carbocycles. The quantitative estimate of drug-likeness (QED) is 0.281. The normalized spacial score (nSPS) is 15.2. The molecule has 1 saturated heterocycles. The first-order chi connectivity index (χ1) is 17.6. The predicted octanol–water partition coefficient (Wildman–Crippen LogP) is 7.24. The fraction of sp³-hybridized carbons (Fsp3) is 0.333. The van der Waals surface area contributed by atoms with Gasteiger partial charge in [0.1, 0.15) is 11.1 Å². The first kappa shape index (κ1) is 25.8. The summed E-state index contributed by atoms with van der Waals surface area (Å²) in [6.07, 6.45) is 5.97. The zero-order valence-corrected chi connectivity index (χ0v) is 21.9. The van der Waals surface area contributed by atoms with Gasteiger partial charge in [-0.25, -0.2) is 0 Å². The Bertz CT molecular complexity index is 1180. The summed E-state index contributed by atoms with van der Waals surface area (Å²) in [5.74, 6) is 0.992. The van der Waals surface area contributed by atoms with Crippen LogP contribution in [0.25, 0.3) is 0 Å². The third-order valence-electron chi connectivity index (χ3n) is 6.26. The summed E-state index contributed by atoms with van der Waals surface area (Å²) < 4.78 is 5.79. The molecule has 4 rings (SSSR count). The van der Waals surface area contributed by atoms with Crippen LogP contribution in [-0.2, 0) is 11.2 Å². The second-order valence-electron chi connectivity index (χ2n) is 8.92. The number of anilines is 2. The summed E-state index contributed by atoms with van der Waals surface area (Å²) in [4.78, 5) is 27.6. The van der Waals surface area contributed by atoms with Crippen LogP contribution in [-0.4, -0.2) is 24.2 Å². The van der Waals surface area contributed by atoms with Gasteiger partial charge >= 0.3 is 0 Å². The maximum absolute atomic E-state index is 12.9. The molecule has 6 heteroatoms. The minimum atomic E-state index is -0.192. The van der Waals surface area contributed by atoms with E-state index in [1.165, 1.54) is 31.2 Å². The van der Waals surface area contributed by atoms with E-state index >= 15 is 0 Å². The smallest absolute Gasteiger partial charge is 0.255 e.